The minimum Gasteiger partial charge on any atom is -0.478 e. The molecule has 4 rings (SSSR count). The van der Waals surface area contributed by atoms with Crippen molar-refractivity contribution in [2.24, 2.45) is 4.99 Å². The number of rotatable bonds is 5. The van der Waals surface area contributed by atoms with Crippen LogP contribution in [0.3, 0.4) is 0 Å². The van der Waals surface area contributed by atoms with Gasteiger partial charge in [0.1, 0.15) is 0 Å². The van der Waals surface area contributed by atoms with Crippen LogP contribution < -0.4 is 10.2 Å². The molecule has 2 N–H and O–H groups in total. The lowest BCUT2D eigenvalue weighted by atomic mass is 10.1. The Morgan fingerprint density at radius 3 is 2.44 bits per heavy atom. The molecule has 1 aliphatic rings. The summed E-state index contributed by atoms with van der Waals surface area (Å²) in [6.07, 6.45) is 0. The quantitative estimate of drug-likeness (QED) is 0.379. The summed E-state index contributed by atoms with van der Waals surface area (Å²) in [5.41, 5.74) is 5.64. The van der Waals surface area contributed by atoms with Crippen LogP contribution in [0.5, 0.6) is 0 Å². The number of nitrogens with one attached hydrogen (secondary N) is 1. The number of anilines is 2. The van der Waals surface area contributed by atoms with E-state index in [2.05, 4.69) is 59.3 Å². The number of carboxylic acids is 1. The SMILES string of the molecule is Cc1ccc(CN=C(Nc2cccc(C(=O)O)c2)N2CCN(c3cc(Cl)ccc3C)CC2)cc1. The molecule has 0 radical (unpaired) electrons. The van der Waals surface area contributed by atoms with Crippen molar-refractivity contribution in [3.8, 4) is 0 Å². The highest BCUT2D eigenvalue weighted by Crippen LogP contribution is 2.25. The van der Waals surface area contributed by atoms with Crippen LogP contribution in [0.2, 0.25) is 5.02 Å². The van der Waals surface area contributed by atoms with Crippen LogP contribution in [0.25, 0.3) is 0 Å². The fourth-order valence-electron chi connectivity index (χ4n) is 4.02. The Hall–Kier alpha value is -3.51. The van der Waals surface area contributed by atoms with Crippen LogP contribution in [0.15, 0.2) is 71.7 Å². The van der Waals surface area contributed by atoms with Gasteiger partial charge in [-0.2, -0.15) is 0 Å². The molecule has 0 aromatic heterocycles. The van der Waals surface area contributed by atoms with Gasteiger partial charge in [-0.05, 0) is 55.3 Å². The number of piperazine rings is 1. The predicted octanol–water partition coefficient (Wildman–Crippen LogP) is 5.45. The maximum absolute atomic E-state index is 11.4. The van der Waals surface area contributed by atoms with Crippen molar-refractivity contribution in [1.29, 1.82) is 0 Å². The molecule has 0 amide bonds. The molecular weight excluding hydrogens is 448 g/mol. The normalized spacial score (nSPS) is 14.3. The van der Waals surface area contributed by atoms with Crippen LogP contribution in [-0.2, 0) is 6.54 Å². The third-order valence-corrected chi connectivity index (χ3v) is 6.22. The first-order valence-electron chi connectivity index (χ1n) is 11.4. The summed E-state index contributed by atoms with van der Waals surface area (Å²) in [6, 6.07) is 21.1. The number of nitrogens with zero attached hydrogens (tertiary/aromatic N) is 3. The minimum atomic E-state index is -0.952. The summed E-state index contributed by atoms with van der Waals surface area (Å²) in [5, 5.41) is 13.5. The number of aromatic carboxylic acids is 1. The summed E-state index contributed by atoms with van der Waals surface area (Å²) < 4.78 is 0. The summed E-state index contributed by atoms with van der Waals surface area (Å²) >= 11 is 6.24. The van der Waals surface area contributed by atoms with E-state index < -0.39 is 5.97 Å². The van der Waals surface area contributed by atoms with Crippen LogP contribution >= 0.6 is 11.6 Å². The smallest absolute Gasteiger partial charge is 0.335 e. The molecule has 3 aromatic carbocycles. The summed E-state index contributed by atoms with van der Waals surface area (Å²) in [7, 11) is 0. The summed E-state index contributed by atoms with van der Waals surface area (Å²) in [6.45, 7) is 7.94. The molecule has 0 atom stereocenters. The van der Waals surface area contributed by atoms with Crippen LogP contribution in [0.1, 0.15) is 27.0 Å². The van der Waals surface area contributed by atoms with E-state index in [4.69, 9.17) is 16.6 Å². The van der Waals surface area contributed by atoms with Crippen molar-refractivity contribution < 1.29 is 9.90 Å². The topological polar surface area (TPSA) is 68.2 Å². The van der Waals surface area contributed by atoms with Crippen molar-refractivity contribution in [3.63, 3.8) is 0 Å². The Morgan fingerprint density at radius 2 is 1.74 bits per heavy atom. The van der Waals surface area contributed by atoms with Crippen LogP contribution in [-0.4, -0.2) is 48.1 Å². The Kier molecular flexibility index (Phi) is 7.38. The van der Waals surface area contributed by atoms with Crippen molar-refractivity contribution in [2.45, 2.75) is 20.4 Å². The molecule has 3 aromatic rings. The number of aliphatic imine (C=N–C) groups is 1. The van der Waals surface area contributed by atoms with Crippen molar-refractivity contribution in [3.05, 3.63) is 94.0 Å². The lowest BCUT2D eigenvalue weighted by Gasteiger charge is -2.38. The standard InChI is InChI=1S/C27H29ClN4O2/c1-19-6-9-21(10-7-19)18-29-27(30-24-5-3-4-22(16-24)26(33)34)32-14-12-31(13-15-32)25-17-23(28)11-8-20(25)2/h3-11,16-17H,12-15,18H2,1-2H3,(H,29,30)(H,33,34). The molecule has 0 saturated carbocycles. The highest BCUT2D eigenvalue weighted by Gasteiger charge is 2.21. The molecule has 1 aliphatic heterocycles. The third kappa shape index (κ3) is 5.88. The second-order valence-corrected chi connectivity index (χ2v) is 8.98. The first-order chi connectivity index (χ1) is 16.4. The molecule has 7 heteroatoms. The van der Waals surface area contributed by atoms with Gasteiger partial charge >= 0.3 is 5.97 Å². The Bertz CT molecular complexity index is 1190. The number of hydrogen-bond acceptors (Lipinski definition) is 3. The minimum absolute atomic E-state index is 0.240. The number of hydrogen-bond donors (Lipinski definition) is 2. The zero-order chi connectivity index (χ0) is 24.1. The Morgan fingerprint density at radius 1 is 1.00 bits per heavy atom. The van der Waals surface area contributed by atoms with Gasteiger partial charge in [-0.25, -0.2) is 9.79 Å². The van der Waals surface area contributed by atoms with Crippen molar-refractivity contribution in [2.75, 3.05) is 36.4 Å². The average molecular weight is 477 g/mol. The van der Waals surface area contributed by atoms with Gasteiger partial charge in [-0.3, -0.25) is 0 Å². The van der Waals surface area contributed by atoms with Gasteiger partial charge < -0.3 is 20.2 Å². The molecule has 1 fully saturated rings. The van der Waals surface area contributed by atoms with Gasteiger partial charge in [-0.15, -0.1) is 0 Å². The molecular formula is C27H29ClN4O2. The van der Waals surface area contributed by atoms with Crippen molar-refractivity contribution in [1.82, 2.24) is 4.90 Å². The van der Waals surface area contributed by atoms with E-state index in [9.17, 15) is 9.90 Å². The number of carbonyl (C=O) groups is 1. The lowest BCUT2D eigenvalue weighted by molar-refractivity contribution is 0.0697. The number of benzene rings is 3. The molecule has 176 valence electrons. The van der Waals surface area contributed by atoms with Gasteiger partial charge in [0.15, 0.2) is 5.96 Å². The Balaban J connectivity index is 1.53. The molecule has 0 bridgehead atoms. The highest BCUT2D eigenvalue weighted by molar-refractivity contribution is 6.30. The average Bonchev–Trinajstić information content (AvgIpc) is 2.84. The maximum atomic E-state index is 11.4. The van der Waals surface area contributed by atoms with Gasteiger partial charge in [0.2, 0.25) is 0 Å². The number of carboxylic acid groups (broad SMARTS) is 1. The first-order valence-corrected chi connectivity index (χ1v) is 11.7. The maximum Gasteiger partial charge on any atom is 0.335 e. The monoisotopic (exact) mass is 476 g/mol. The molecule has 0 unspecified atom stereocenters. The van der Waals surface area contributed by atoms with Crippen molar-refractivity contribution >= 4 is 34.9 Å². The Labute approximate surface area is 205 Å². The predicted molar refractivity (Wildman–Crippen MR) is 139 cm³/mol. The molecule has 6 nitrogen and oxygen atoms in total. The second-order valence-electron chi connectivity index (χ2n) is 8.54. The molecule has 1 heterocycles. The second kappa shape index (κ2) is 10.6. The highest BCUT2D eigenvalue weighted by atomic mass is 35.5. The van der Waals surface area contributed by atoms with Gasteiger partial charge in [0.05, 0.1) is 12.1 Å². The van der Waals surface area contributed by atoms with Gasteiger partial charge in [0, 0.05) is 42.6 Å². The third-order valence-electron chi connectivity index (χ3n) is 5.99. The van der Waals surface area contributed by atoms with E-state index in [1.165, 1.54) is 11.1 Å². The molecule has 34 heavy (non-hydrogen) atoms. The van der Waals surface area contributed by atoms with E-state index in [1.807, 2.05) is 18.2 Å². The largest absolute Gasteiger partial charge is 0.478 e. The zero-order valence-corrected chi connectivity index (χ0v) is 20.2. The number of aryl methyl sites for hydroxylation is 2. The summed E-state index contributed by atoms with van der Waals surface area (Å²) in [5.74, 6) is -0.210. The van der Waals surface area contributed by atoms with Gasteiger partial charge in [0.25, 0.3) is 0 Å². The zero-order valence-electron chi connectivity index (χ0n) is 19.5. The fourth-order valence-corrected chi connectivity index (χ4v) is 4.19. The van der Waals surface area contributed by atoms with Crippen LogP contribution in [0, 0.1) is 13.8 Å². The lowest BCUT2D eigenvalue weighted by Crippen LogP contribution is -2.51. The van der Waals surface area contributed by atoms with E-state index in [0.29, 0.717) is 12.2 Å². The van der Waals surface area contributed by atoms with E-state index in [1.54, 1.807) is 18.2 Å². The number of guanidine groups is 1. The van der Waals surface area contributed by atoms with Crippen LogP contribution in [0.4, 0.5) is 11.4 Å². The van der Waals surface area contributed by atoms with Gasteiger partial charge in [-0.1, -0.05) is 53.6 Å². The number of halogens is 1. The first kappa shape index (κ1) is 23.6. The van der Waals surface area contributed by atoms with E-state index in [-0.39, 0.29) is 5.56 Å². The molecule has 0 spiro atoms. The molecule has 1 saturated heterocycles. The van der Waals surface area contributed by atoms with E-state index >= 15 is 0 Å². The summed E-state index contributed by atoms with van der Waals surface area (Å²) in [4.78, 5) is 20.9. The fraction of sp³-hybridized carbons (Fsp3) is 0.259. The molecule has 0 aliphatic carbocycles. The van der Waals surface area contributed by atoms with E-state index in [0.717, 1.165) is 48.4 Å².